The molecule has 0 aromatic heterocycles. The molecular weight excluding hydrogens is 204 g/mol. The van der Waals surface area contributed by atoms with Crippen molar-refractivity contribution in [1.29, 1.82) is 0 Å². The van der Waals surface area contributed by atoms with Gasteiger partial charge in [-0.05, 0) is 35.3 Å². The van der Waals surface area contributed by atoms with Gasteiger partial charge in [-0.15, -0.1) is 0 Å². The van der Waals surface area contributed by atoms with Crippen LogP contribution in [0.3, 0.4) is 0 Å². The minimum Gasteiger partial charge on any atom is -0.0985 e. The summed E-state index contributed by atoms with van der Waals surface area (Å²) in [5.41, 5.74) is 4.26. The van der Waals surface area contributed by atoms with Crippen LogP contribution in [0.5, 0.6) is 0 Å². The molecule has 0 bridgehead atoms. The highest BCUT2D eigenvalue weighted by molar-refractivity contribution is 5.79. The SMILES string of the molecule is C=CC(=C)c1cccc(/C(C=C)=C/C=C\C)c1. The fraction of sp³-hybridized carbons (Fsp3) is 0.0588. The molecule has 0 saturated carbocycles. The third-order valence-corrected chi connectivity index (χ3v) is 2.50. The molecule has 0 unspecified atom stereocenters. The van der Waals surface area contributed by atoms with E-state index in [4.69, 9.17) is 0 Å². The van der Waals surface area contributed by atoms with Crippen LogP contribution in [0.15, 0.2) is 74.4 Å². The van der Waals surface area contributed by atoms with E-state index in [9.17, 15) is 0 Å². The Hall–Kier alpha value is -2.08. The predicted molar refractivity (Wildman–Crippen MR) is 78.7 cm³/mol. The first-order chi connectivity index (χ1) is 8.22. The summed E-state index contributed by atoms with van der Waals surface area (Å²) in [6.07, 6.45) is 9.67. The van der Waals surface area contributed by atoms with E-state index in [0.717, 1.165) is 22.3 Å². The molecule has 0 spiro atoms. The molecule has 0 aliphatic carbocycles. The Kier molecular flexibility index (Phi) is 4.96. The number of rotatable bonds is 5. The minimum absolute atomic E-state index is 0.932. The van der Waals surface area contributed by atoms with Crippen molar-refractivity contribution in [1.82, 2.24) is 0 Å². The smallest absolute Gasteiger partial charge is 0.0178 e. The molecule has 0 atom stereocenters. The summed E-state index contributed by atoms with van der Waals surface area (Å²) in [7, 11) is 0. The molecule has 0 heterocycles. The van der Waals surface area contributed by atoms with Crippen LogP contribution in [-0.4, -0.2) is 0 Å². The third kappa shape index (κ3) is 3.46. The molecule has 0 nitrogen and oxygen atoms in total. The van der Waals surface area contributed by atoms with E-state index in [1.165, 1.54) is 0 Å². The van der Waals surface area contributed by atoms with Gasteiger partial charge in [0.05, 0.1) is 0 Å². The molecule has 0 radical (unpaired) electrons. The lowest BCUT2D eigenvalue weighted by molar-refractivity contribution is 1.57. The summed E-state index contributed by atoms with van der Waals surface area (Å²) < 4.78 is 0. The molecule has 1 aromatic rings. The van der Waals surface area contributed by atoms with Crippen molar-refractivity contribution in [3.8, 4) is 0 Å². The van der Waals surface area contributed by atoms with Gasteiger partial charge in [0.2, 0.25) is 0 Å². The standard InChI is InChI=1S/C17H18/c1-5-8-10-15(7-3)17-12-9-11-16(13-17)14(4)6-2/h5-13H,2-4H2,1H3/b8-5-,15-10+. The van der Waals surface area contributed by atoms with Crippen molar-refractivity contribution in [2.75, 3.05) is 0 Å². The zero-order valence-corrected chi connectivity index (χ0v) is 10.3. The summed E-state index contributed by atoms with van der Waals surface area (Å²) in [5, 5.41) is 0. The normalized spacial score (nSPS) is 11.5. The highest BCUT2D eigenvalue weighted by Gasteiger charge is 1.99. The van der Waals surface area contributed by atoms with Gasteiger partial charge in [-0.25, -0.2) is 0 Å². The van der Waals surface area contributed by atoms with Crippen molar-refractivity contribution in [2.45, 2.75) is 6.92 Å². The fourth-order valence-electron chi connectivity index (χ4n) is 1.50. The van der Waals surface area contributed by atoms with Crippen LogP contribution < -0.4 is 0 Å². The molecule has 17 heavy (non-hydrogen) atoms. The number of allylic oxidation sites excluding steroid dienone is 7. The average Bonchev–Trinajstić information content (AvgIpc) is 2.39. The summed E-state index contributed by atoms with van der Waals surface area (Å²) in [6.45, 7) is 13.5. The first kappa shape index (κ1) is 13.0. The Morgan fingerprint density at radius 2 is 1.82 bits per heavy atom. The predicted octanol–water partition coefficient (Wildman–Crippen LogP) is 5.03. The van der Waals surface area contributed by atoms with Crippen molar-refractivity contribution >= 4 is 11.1 Å². The maximum atomic E-state index is 3.95. The van der Waals surface area contributed by atoms with Gasteiger partial charge in [-0.3, -0.25) is 0 Å². The van der Waals surface area contributed by atoms with Crippen molar-refractivity contribution in [2.24, 2.45) is 0 Å². The van der Waals surface area contributed by atoms with E-state index in [2.05, 4.69) is 31.9 Å². The first-order valence-electron chi connectivity index (χ1n) is 5.60. The Balaban J connectivity index is 3.17. The highest BCUT2D eigenvalue weighted by Crippen LogP contribution is 2.21. The molecule has 0 heteroatoms. The average molecular weight is 222 g/mol. The van der Waals surface area contributed by atoms with Gasteiger partial charge in [0.15, 0.2) is 0 Å². The zero-order chi connectivity index (χ0) is 12.7. The zero-order valence-electron chi connectivity index (χ0n) is 10.3. The third-order valence-electron chi connectivity index (χ3n) is 2.50. The van der Waals surface area contributed by atoms with Crippen LogP contribution in [0.1, 0.15) is 18.1 Å². The lowest BCUT2D eigenvalue weighted by Gasteiger charge is -2.05. The Labute approximate surface area is 104 Å². The molecule has 0 fully saturated rings. The Bertz CT molecular complexity index is 485. The molecule has 0 amide bonds. The molecular formula is C17H18. The number of benzene rings is 1. The quantitative estimate of drug-likeness (QED) is 0.613. The van der Waals surface area contributed by atoms with Gasteiger partial charge in [-0.1, -0.05) is 68.3 Å². The van der Waals surface area contributed by atoms with Crippen LogP contribution in [0.25, 0.3) is 11.1 Å². The van der Waals surface area contributed by atoms with Crippen LogP contribution in [-0.2, 0) is 0 Å². The van der Waals surface area contributed by atoms with E-state index >= 15 is 0 Å². The number of hydrogen-bond acceptors (Lipinski definition) is 0. The summed E-state index contributed by atoms with van der Waals surface area (Å²) in [4.78, 5) is 0. The molecule has 1 rings (SSSR count). The molecule has 1 aromatic carbocycles. The van der Waals surface area contributed by atoms with E-state index in [1.807, 2.05) is 43.4 Å². The monoisotopic (exact) mass is 222 g/mol. The first-order valence-corrected chi connectivity index (χ1v) is 5.60. The Morgan fingerprint density at radius 3 is 2.41 bits per heavy atom. The van der Waals surface area contributed by atoms with E-state index in [-0.39, 0.29) is 0 Å². The second-order valence-electron chi connectivity index (χ2n) is 3.66. The van der Waals surface area contributed by atoms with Gasteiger partial charge >= 0.3 is 0 Å². The van der Waals surface area contributed by atoms with E-state index < -0.39 is 0 Å². The fourth-order valence-corrected chi connectivity index (χ4v) is 1.50. The molecule has 0 saturated heterocycles. The number of hydrogen-bond donors (Lipinski definition) is 0. The van der Waals surface area contributed by atoms with Crippen LogP contribution in [0.4, 0.5) is 0 Å². The van der Waals surface area contributed by atoms with Crippen molar-refractivity contribution in [3.05, 3.63) is 85.5 Å². The lowest BCUT2D eigenvalue weighted by atomic mass is 9.99. The summed E-state index contributed by atoms with van der Waals surface area (Å²) in [5.74, 6) is 0. The minimum atomic E-state index is 0.932. The van der Waals surface area contributed by atoms with E-state index in [1.54, 1.807) is 6.08 Å². The second kappa shape index (κ2) is 6.49. The van der Waals surface area contributed by atoms with Gasteiger partial charge in [-0.2, -0.15) is 0 Å². The molecule has 0 aliphatic heterocycles. The maximum absolute atomic E-state index is 3.95. The van der Waals surface area contributed by atoms with Gasteiger partial charge in [0.25, 0.3) is 0 Å². The lowest BCUT2D eigenvalue weighted by Crippen LogP contribution is -1.84. The van der Waals surface area contributed by atoms with Gasteiger partial charge in [0, 0.05) is 0 Å². The molecule has 0 N–H and O–H groups in total. The largest absolute Gasteiger partial charge is 0.0985 e. The van der Waals surface area contributed by atoms with Crippen LogP contribution >= 0.6 is 0 Å². The van der Waals surface area contributed by atoms with E-state index in [0.29, 0.717) is 0 Å². The Morgan fingerprint density at radius 1 is 1.12 bits per heavy atom. The van der Waals surface area contributed by atoms with Crippen LogP contribution in [0.2, 0.25) is 0 Å². The topological polar surface area (TPSA) is 0 Å². The van der Waals surface area contributed by atoms with Gasteiger partial charge < -0.3 is 0 Å². The molecule has 86 valence electrons. The summed E-state index contributed by atoms with van der Waals surface area (Å²) in [6, 6.07) is 8.22. The van der Waals surface area contributed by atoms with Crippen molar-refractivity contribution < 1.29 is 0 Å². The van der Waals surface area contributed by atoms with Crippen LogP contribution in [0, 0.1) is 0 Å². The second-order valence-corrected chi connectivity index (χ2v) is 3.66. The van der Waals surface area contributed by atoms with Gasteiger partial charge in [0.1, 0.15) is 0 Å². The molecule has 0 aliphatic rings. The summed E-state index contributed by atoms with van der Waals surface area (Å²) >= 11 is 0. The highest BCUT2D eigenvalue weighted by atomic mass is 14.0. The van der Waals surface area contributed by atoms with Crippen molar-refractivity contribution in [3.63, 3.8) is 0 Å². The maximum Gasteiger partial charge on any atom is -0.0178 e.